The van der Waals surface area contributed by atoms with E-state index in [1.165, 1.54) is 6.92 Å². The minimum atomic E-state index is -2.43. The molecule has 6 heteroatoms. The molecule has 1 atom stereocenters. The second kappa shape index (κ2) is 6.31. The molecule has 4 nitrogen and oxygen atoms in total. The molecule has 1 amide bonds. The summed E-state index contributed by atoms with van der Waals surface area (Å²) in [6, 6.07) is -0.912. The number of rotatable bonds is 5. The summed E-state index contributed by atoms with van der Waals surface area (Å²) in [4.78, 5) is 11.5. The van der Waals surface area contributed by atoms with Crippen molar-refractivity contribution in [2.75, 3.05) is 6.54 Å². The average Bonchev–Trinajstić information content (AvgIpc) is 2.09. The van der Waals surface area contributed by atoms with E-state index in [2.05, 4.69) is 10.6 Å². The molecule has 0 rings (SSSR count). The first-order chi connectivity index (χ1) is 7.93. The van der Waals surface area contributed by atoms with Crippen molar-refractivity contribution in [3.63, 3.8) is 0 Å². The second-order valence-corrected chi connectivity index (χ2v) is 6.01. The van der Waals surface area contributed by atoms with Crippen molar-refractivity contribution in [3.8, 4) is 0 Å². The molecule has 0 aromatic heterocycles. The van der Waals surface area contributed by atoms with Gasteiger partial charge in [0.25, 0.3) is 6.43 Å². The molecule has 0 spiro atoms. The van der Waals surface area contributed by atoms with Gasteiger partial charge in [0.1, 0.15) is 5.60 Å². The summed E-state index contributed by atoms with van der Waals surface area (Å²) in [5.41, 5.74) is -1.24. The average molecular weight is 266 g/mol. The van der Waals surface area contributed by atoms with Crippen molar-refractivity contribution < 1.29 is 18.3 Å². The first kappa shape index (κ1) is 17.1. The van der Waals surface area contributed by atoms with E-state index in [4.69, 9.17) is 4.74 Å². The monoisotopic (exact) mass is 266 g/mol. The van der Waals surface area contributed by atoms with Crippen LogP contribution in [0.15, 0.2) is 0 Å². The highest BCUT2D eigenvalue weighted by Gasteiger charge is 2.26. The fourth-order valence-corrected chi connectivity index (χ4v) is 1.13. The van der Waals surface area contributed by atoms with E-state index in [0.29, 0.717) is 0 Å². The maximum Gasteiger partial charge on any atom is 0.408 e. The lowest BCUT2D eigenvalue weighted by Gasteiger charge is -2.30. The molecule has 1 unspecified atom stereocenters. The molecule has 0 fully saturated rings. The third kappa shape index (κ3) is 8.22. The summed E-state index contributed by atoms with van der Waals surface area (Å²) in [7, 11) is 0. The van der Waals surface area contributed by atoms with Gasteiger partial charge < -0.3 is 15.4 Å². The van der Waals surface area contributed by atoms with Crippen LogP contribution in [0.1, 0.15) is 41.5 Å². The summed E-state index contributed by atoms with van der Waals surface area (Å²) in [5.74, 6) is 0. The van der Waals surface area contributed by atoms with Crippen molar-refractivity contribution in [1.29, 1.82) is 0 Å². The largest absolute Gasteiger partial charge is 0.444 e. The molecule has 0 aliphatic rings. The van der Waals surface area contributed by atoms with Crippen molar-refractivity contribution in [2.24, 2.45) is 0 Å². The SMILES string of the molecule is CC(NCC(C)(C)NC(=O)OC(C)(C)C)C(F)F. The molecule has 0 saturated carbocycles. The highest BCUT2D eigenvalue weighted by atomic mass is 19.3. The van der Waals surface area contributed by atoms with E-state index in [9.17, 15) is 13.6 Å². The van der Waals surface area contributed by atoms with Crippen LogP contribution in [0.2, 0.25) is 0 Å². The Kier molecular flexibility index (Phi) is 5.99. The number of carbonyl (C=O) groups excluding carboxylic acids is 1. The zero-order chi connectivity index (χ0) is 14.6. The minimum Gasteiger partial charge on any atom is -0.444 e. The van der Waals surface area contributed by atoms with E-state index in [1.807, 2.05) is 0 Å². The van der Waals surface area contributed by atoms with Crippen LogP contribution in [0.4, 0.5) is 13.6 Å². The minimum absolute atomic E-state index is 0.234. The molecule has 0 aromatic carbocycles. The smallest absolute Gasteiger partial charge is 0.408 e. The van der Waals surface area contributed by atoms with E-state index < -0.39 is 29.7 Å². The van der Waals surface area contributed by atoms with Crippen molar-refractivity contribution in [2.45, 2.75) is 65.1 Å². The standard InChI is InChI=1S/C12H24F2N2O2/c1-8(9(13)14)15-7-12(5,6)16-10(17)18-11(2,3)4/h8-9,15H,7H2,1-6H3,(H,16,17). The van der Waals surface area contributed by atoms with Gasteiger partial charge in [-0.1, -0.05) is 0 Å². The number of ether oxygens (including phenoxy) is 1. The number of hydrogen-bond acceptors (Lipinski definition) is 3. The highest BCUT2D eigenvalue weighted by molar-refractivity contribution is 5.68. The summed E-state index contributed by atoms with van der Waals surface area (Å²) in [6.07, 6.45) is -2.98. The van der Waals surface area contributed by atoms with Gasteiger partial charge in [-0.05, 0) is 41.5 Å². The van der Waals surface area contributed by atoms with Crippen molar-refractivity contribution in [1.82, 2.24) is 10.6 Å². The Morgan fingerprint density at radius 3 is 2.11 bits per heavy atom. The van der Waals surface area contributed by atoms with Gasteiger partial charge in [-0.3, -0.25) is 0 Å². The molecular formula is C12H24F2N2O2. The molecule has 18 heavy (non-hydrogen) atoms. The fraction of sp³-hybridized carbons (Fsp3) is 0.917. The molecule has 0 aliphatic carbocycles. The van der Waals surface area contributed by atoms with Gasteiger partial charge in [-0.15, -0.1) is 0 Å². The van der Waals surface area contributed by atoms with Crippen molar-refractivity contribution in [3.05, 3.63) is 0 Å². The number of amides is 1. The molecule has 2 N–H and O–H groups in total. The molecule has 0 radical (unpaired) electrons. The summed E-state index contributed by atoms with van der Waals surface area (Å²) in [5, 5.41) is 5.31. The lowest BCUT2D eigenvalue weighted by Crippen LogP contribution is -2.53. The van der Waals surface area contributed by atoms with Gasteiger partial charge in [0.05, 0.1) is 11.6 Å². The Balaban J connectivity index is 4.18. The van der Waals surface area contributed by atoms with Crippen LogP contribution in [-0.4, -0.2) is 36.2 Å². The maximum absolute atomic E-state index is 12.3. The van der Waals surface area contributed by atoms with Crippen LogP contribution in [0.5, 0.6) is 0 Å². The number of halogens is 2. The molecule has 0 saturated heterocycles. The van der Waals surface area contributed by atoms with Gasteiger partial charge in [0, 0.05) is 6.54 Å². The van der Waals surface area contributed by atoms with E-state index >= 15 is 0 Å². The quantitative estimate of drug-likeness (QED) is 0.804. The van der Waals surface area contributed by atoms with Crippen molar-refractivity contribution >= 4 is 6.09 Å². The van der Waals surface area contributed by atoms with Crippen LogP contribution in [0.3, 0.4) is 0 Å². The van der Waals surface area contributed by atoms with Crippen LogP contribution in [0.25, 0.3) is 0 Å². The van der Waals surface area contributed by atoms with Crippen LogP contribution in [0, 0.1) is 0 Å². The third-order valence-corrected chi connectivity index (χ3v) is 2.08. The number of nitrogens with one attached hydrogen (secondary N) is 2. The van der Waals surface area contributed by atoms with Gasteiger partial charge in [-0.2, -0.15) is 0 Å². The zero-order valence-corrected chi connectivity index (χ0v) is 11.9. The van der Waals surface area contributed by atoms with Crippen LogP contribution in [-0.2, 0) is 4.74 Å². The number of alkyl halides is 2. The number of hydrogen-bond donors (Lipinski definition) is 2. The molecular weight excluding hydrogens is 242 g/mol. The van der Waals surface area contributed by atoms with E-state index in [0.717, 1.165) is 0 Å². The van der Waals surface area contributed by atoms with E-state index in [1.54, 1.807) is 34.6 Å². The van der Waals surface area contributed by atoms with Crippen LogP contribution < -0.4 is 10.6 Å². The summed E-state index contributed by atoms with van der Waals surface area (Å²) < 4.78 is 29.7. The van der Waals surface area contributed by atoms with Gasteiger partial charge in [0.15, 0.2) is 0 Å². The Bertz CT molecular complexity index is 276. The summed E-state index contributed by atoms with van der Waals surface area (Å²) >= 11 is 0. The fourth-order valence-electron chi connectivity index (χ4n) is 1.13. The lowest BCUT2D eigenvalue weighted by atomic mass is 10.1. The first-order valence-electron chi connectivity index (χ1n) is 5.96. The maximum atomic E-state index is 12.3. The molecule has 0 aliphatic heterocycles. The van der Waals surface area contributed by atoms with E-state index in [-0.39, 0.29) is 6.54 Å². The lowest BCUT2D eigenvalue weighted by molar-refractivity contribution is 0.0464. The highest BCUT2D eigenvalue weighted by Crippen LogP contribution is 2.09. The molecule has 0 bridgehead atoms. The number of carbonyl (C=O) groups is 1. The number of alkyl carbamates (subject to hydrolysis) is 1. The third-order valence-electron chi connectivity index (χ3n) is 2.08. The Morgan fingerprint density at radius 1 is 1.22 bits per heavy atom. The molecule has 0 heterocycles. The van der Waals surface area contributed by atoms with Gasteiger partial charge >= 0.3 is 6.09 Å². The second-order valence-electron chi connectivity index (χ2n) is 6.01. The predicted molar refractivity (Wildman–Crippen MR) is 66.9 cm³/mol. The first-order valence-corrected chi connectivity index (χ1v) is 5.96. The van der Waals surface area contributed by atoms with Gasteiger partial charge in [-0.25, -0.2) is 13.6 Å². The Hall–Kier alpha value is -0.910. The molecule has 0 aromatic rings. The normalized spacial score (nSPS) is 14.5. The van der Waals surface area contributed by atoms with Gasteiger partial charge in [0.2, 0.25) is 0 Å². The Labute approximate surface area is 107 Å². The zero-order valence-electron chi connectivity index (χ0n) is 11.9. The van der Waals surface area contributed by atoms with Crippen LogP contribution >= 0.6 is 0 Å². The summed E-state index contributed by atoms with van der Waals surface area (Å²) in [6.45, 7) is 10.4. The predicted octanol–water partition coefficient (Wildman–Crippen LogP) is 2.53. The topological polar surface area (TPSA) is 50.4 Å². The Morgan fingerprint density at radius 2 is 1.72 bits per heavy atom. The molecule has 108 valence electrons.